The van der Waals surface area contributed by atoms with Crippen molar-refractivity contribution in [3.8, 4) is 22.3 Å². The Bertz CT molecular complexity index is 1270. The first-order valence-corrected chi connectivity index (χ1v) is 11.7. The molecule has 0 heterocycles. The third-order valence-corrected chi connectivity index (χ3v) is 6.23. The van der Waals surface area contributed by atoms with Gasteiger partial charge >= 0.3 is 12.4 Å². The summed E-state index contributed by atoms with van der Waals surface area (Å²) < 4.78 is 81.0. The number of Topliss-reactive ketones (excluding diaryl/α,β-unsaturated/α-hetero) is 1. The van der Waals surface area contributed by atoms with Crippen molar-refractivity contribution in [2.45, 2.75) is 52.4 Å². The number of benzene rings is 3. The molecule has 0 radical (unpaired) electrons. The number of ketones is 1. The summed E-state index contributed by atoms with van der Waals surface area (Å²) in [7, 11) is 0. The maximum Gasteiger partial charge on any atom is 0.417 e. The van der Waals surface area contributed by atoms with Crippen LogP contribution in [0.4, 0.5) is 26.3 Å². The molecule has 0 bridgehead atoms. The predicted octanol–water partition coefficient (Wildman–Crippen LogP) is 9.74. The van der Waals surface area contributed by atoms with Crippen molar-refractivity contribution in [1.82, 2.24) is 0 Å². The van der Waals surface area contributed by atoms with E-state index in [1.54, 1.807) is 18.2 Å². The Hall–Kier alpha value is -2.80. The van der Waals surface area contributed by atoms with E-state index >= 15 is 0 Å². The summed E-state index contributed by atoms with van der Waals surface area (Å²) in [5.74, 6) is -0.571. The number of hydrogen-bond acceptors (Lipinski definition) is 1. The maximum absolute atomic E-state index is 13.5. The molecule has 0 aliphatic heterocycles. The summed E-state index contributed by atoms with van der Waals surface area (Å²) in [6.07, 6.45) is -8.78. The van der Waals surface area contributed by atoms with Crippen LogP contribution in [0, 0.1) is 12.8 Å². The fraction of sp³-hybridized carbons (Fsp3) is 0.321. The second kappa shape index (κ2) is 10.3. The number of carbonyl (C=O) groups excluding carboxylic acids is 1. The summed E-state index contributed by atoms with van der Waals surface area (Å²) in [4.78, 5) is 12.5. The zero-order chi connectivity index (χ0) is 27.0. The highest BCUT2D eigenvalue weighted by Gasteiger charge is 2.34. The van der Waals surface area contributed by atoms with Crippen molar-refractivity contribution in [2.24, 2.45) is 5.92 Å². The molecule has 1 unspecified atom stereocenters. The van der Waals surface area contributed by atoms with E-state index in [0.29, 0.717) is 28.7 Å². The molecule has 0 spiro atoms. The summed E-state index contributed by atoms with van der Waals surface area (Å²) in [6, 6.07) is 11.9. The highest BCUT2D eigenvalue weighted by Crippen LogP contribution is 2.40. The predicted molar refractivity (Wildman–Crippen MR) is 130 cm³/mol. The largest absolute Gasteiger partial charge is 0.417 e. The van der Waals surface area contributed by atoms with Crippen LogP contribution in [-0.2, 0) is 17.1 Å². The molecular weight excluding hydrogens is 502 g/mol. The highest BCUT2D eigenvalue weighted by atomic mass is 35.5. The van der Waals surface area contributed by atoms with Crippen molar-refractivity contribution in [1.29, 1.82) is 0 Å². The van der Waals surface area contributed by atoms with E-state index in [2.05, 4.69) is 0 Å². The second-order valence-electron chi connectivity index (χ2n) is 9.41. The molecule has 36 heavy (non-hydrogen) atoms. The summed E-state index contributed by atoms with van der Waals surface area (Å²) in [5, 5.41) is -0.461. The van der Waals surface area contributed by atoms with Crippen LogP contribution in [0.2, 0.25) is 5.02 Å². The van der Waals surface area contributed by atoms with Crippen LogP contribution in [0.5, 0.6) is 0 Å². The van der Waals surface area contributed by atoms with Gasteiger partial charge in [-0.15, -0.1) is 0 Å². The summed E-state index contributed by atoms with van der Waals surface area (Å²) in [5.41, 5.74) is 0.206. The quantitative estimate of drug-likeness (QED) is 0.292. The summed E-state index contributed by atoms with van der Waals surface area (Å²) in [6.45, 7) is 6.84. The molecule has 0 amide bonds. The number of rotatable bonds is 6. The van der Waals surface area contributed by atoms with Gasteiger partial charge in [-0.1, -0.05) is 49.7 Å². The van der Waals surface area contributed by atoms with E-state index in [9.17, 15) is 31.1 Å². The fourth-order valence-electron chi connectivity index (χ4n) is 4.23. The Morgan fingerprint density at radius 2 is 1.39 bits per heavy atom. The lowest BCUT2D eigenvalue weighted by atomic mass is 9.84. The minimum atomic E-state index is -4.69. The van der Waals surface area contributed by atoms with Crippen LogP contribution in [0.25, 0.3) is 22.3 Å². The lowest BCUT2D eigenvalue weighted by Crippen LogP contribution is -2.12. The first kappa shape index (κ1) is 27.8. The van der Waals surface area contributed by atoms with Crippen LogP contribution in [-0.4, -0.2) is 5.78 Å². The number of alkyl halides is 6. The van der Waals surface area contributed by atoms with Crippen LogP contribution in [0.3, 0.4) is 0 Å². The molecule has 3 aromatic rings. The lowest BCUT2D eigenvalue weighted by molar-refractivity contribution is -0.138. The molecular formula is C28H25ClF6O. The third-order valence-electron chi connectivity index (χ3n) is 5.90. The number of halogens is 7. The van der Waals surface area contributed by atoms with Gasteiger partial charge in [0.2, 0.25) is 0 Å². The number of carbonyl (C=O) groups is 1. The average molecular weight is 527 g/mol. The first-order chi connectivity index (χ1) is 16.6. The molecule has 1 nitrogen and oxygen atoms in total. The van der Waals surface area contributed by atoms with E-state index in [0.717, 1.165) is 24.3 Å². The molecule has 0 saturated heterocycles. The third kappa shape index (κ3) is 6.49. The van der Waals surface area contributed by atoms with E-state index in [4.69, 9.17) is 11.6 Å². The van der Waals surface area contributed by atoms with Crippen molar-refractivity contribution < 1.29 is 31.1 Å². The van der Waals surface area contributed by atoms with Crippen molar-refractivity contribution in [3.05, 3.63) is 81.9 Å². The SMILES string of the molecule is CC(=O)C(CC(C)C)c1cc(-c2cc(C)cc(C(F)(F)F)c2)cc(-c2ccc(Cl)c(C(F)(F)F)c2)c1. The molecule has 0 aliphatic carbocycles. The standard InChI is InChI=1S/C28H25ClF6O/c1-15(2)7-24(17(4)36)22-11-20(18-5-6-26(29)25(14-18)28(33,34)35)10-21(12-22)19-8-16(3)9-23(13-19)27(30,31)32/h5-6,8-15,24H,7H2,1-4H3. The lowest BCUT2D eigenvalue weighted by Gasteiger charge is -2.20. The van der Waals surface area contributed by atoms with Gasteiger partial charge in [-0.3, -0.25) is 4.79 Å². The average Bonchev–Trinajstić information content (AvgIpc) is 2.75. The molecule has 0 saturated carbocycles. The van der Waals surface area contributed by atoms with Crippen LogP contribution < -0.4 is 0 Å². The van der Waals surface area contributed by atoms with Gasteiger partial charge in [0, 0.05) is 5.92 Å². The fourth-order valence-corrected chi connectivity index (χ4v) is 4.45. The second-order valence-corrected chi connectivity index (χ2v) is 9.82. The zero-order valence-corrected chi connectivity index (χ0v) is 20.9. The molecule has 0 fully saturated rings. The Kier molecular flexibility index (Phi) is 7.94. The van der Waals surface area contributed by atoms with Crippen LogP contribution in [0.15, 0.2) is 54.6 Å². The Morgan fingerprint density at radius 1 is 0.806 bits per heavy atom. The van der Waals surface area contributed by atoms with E-state index in [-0.39, 0.29) is 22.8 Å². The van der Waals surface area contributed by atoms with Gasteiger partial charge in [0.1, 0.15) is 5.78 Å². The van der Waals surface area contributed by atoms with Gasteiger partial charge in [-0.2, -0.15) is 26.3 Å². The highest BCUT2D eigenvalue weighted by molar-refractivity contribution is 6.31. The Morgan fingerprint density at radius 3 is 1.92 bits per heavy atom. The molecule has 3 rings (SSSR count). The molecule has 1 atom stereocenters. The van der Waals surface area contributed by atoms with Crippen molar-refractivity contribution in [2.75, 3.05) is 0 Å². The summed E-state index contributed by atoms with van der Waals surface area (Å²) >= 11 is 5.78. The Labute approximate surface area is 211 Å². The van der Waals surface area contributed by atoms with Gasteiger partial charge in [-0.25, -0.2) is 0 Å². The maximum atomic E-state index is 13.5. The molecule has 0 aliphatic rings. The van der Waals surface area contributed by atoms with Gasteiger partial charge < -0.3 is 0 Å². The molecule has 192 valence electrons. The first-order valence-electron chi connectivity index (χ1n) is 11.3. The normalized spacial score (nSPS) is 13.2. The Balaban J connectivity index is 2.30. The van der Waals surface area contributed by atoms with Crippen molar-refractivity contribution in [3.63, 3.8) is 0 Å². The van der Waals surface area contributed by atoms with E-state index < -0.39 is 34.4 Å². The van der Waals surface area contributed by atoms with Gasteiger partial charge in [0.25, 0.3) is 0 Å². The topological polar surface area (TPSA) is 17.1 Å². The smallest absolute Gasteiger partial charge is 0.299 e. The molecule has 3 aromatic carbocycles. The number of aryl methyl sites for hydroxylation is 1. The zero-order valence-electron chi connectivity index (χ0n) is 20.1. The van der Waals surface area contributed by atoms with Gasteiger partial charge in [0.15, 0.2) is 0 Å². The van der Waals surface area contributed by atoms with Crippen LogP contribution in [0.1, 0.15) is 55.4 Å². The minimum Gasteiger partial charge on any atom is -0.299 e. The molecule has 0 aromatic heterocycles. The molecule has 0 N–H and O–H groups in total. The van der Waals surface area contributed by atoms with Gasteiger partial charge in [-0.05, 0) is 89.9 Å². The van der Waals surface area contributed by atoms with Gasteiger partial charge in [0.05, 0.1) is 16.1 Å². The monoisotopic (exact) mass is 526 g/mol. The van der Waals surface area contributed by atoms with Crippen molar-refractivity contribution >= 4 is 17.4 Å². The molecule has 8 heteroatoms. The number of hydrogen-bond donors (Lipinski definition) is 0. The minimum absolute atomic E-state index is 0.133. The van der Waals surface area contributed by atoms with E-state index in [1.165, 1.54) is 26.0 Å². The van der Waals surface area contributed by atoms with E-state index in [1.807, 2.05) is 13.8 Å². The van der Waals surface area contributed by atoms with Crippen LogP contribution >= 0.6 is 11.6 Å².